The van der Waals surface area contributed by atoms with Gasteiger partial charge < -0.3 is 20.3 Å². The summed E-state index contributed by atoms with van der Waals surface area (Å²) in [4.78, 5) is 44.2. The van der Waals surface area contributed by atoms with E-state index < -0.39 is 17.8 Å². The molecule has 10 heteroatoms. The number of nitrogens with zero attached hydrogens (tertiary/aromatic N) is 3. The number of rotatable bonds is 6. The normalized spacial score (nSPS) is 20.5. The van der Waals surface area contributed by atoms with Gasteiger partial charge in [0.05, 0.1) is 18.2 Å². The number of hydrogen-bond donors (Lipinski definition) is 2. The highest BCUT2D eigenvalue weighted by molar-refractivity contribution is 5.95. The van der Waals surface area contributed by atoms with E-state index in [1.54, 1.807) is 31.0 Å². The first-order chi connectivity index (χ1) is 17.8. The van der Waals surface area contributed by atoms with Crippen molar-refractivity contribution in [1.82, 2.24) is 20.0 Å². The monoisotopic (exact) mass is 509 g/mol. The predicted octanol–water partition coefficient (Wildman–Crippen LogP) is 3.58. The van der Waals surface area contributed by atoms with Gasteiger partial charge in [0.15, 0.2) is 0 Å². The largest absolute Gasteiger partial charge is 0.463 e. The molecule has 2 aromatic carbocycles. The van der Waals surface area contributed by atoms with Crippen molar-refractivity contribution in [3.8, 4) is 0 Å². The maximum Gasteiger partial charge on any atom is 0.338 e. The van der Waals surface area contributed by atoms with Gasteiger partial charge in [-0.25, -0.2) is 18.8 Å². The molecule has 2 atom stereocenters. The van der Waals surface area contributed by atoms with Gasteiger partial charge in [0.2, 0.25) is 0 Å². The summed E-state index contributed by atoms with van der Waals surface area (Å²) in [5.41, 5.74) is 2.14. The molecule has 2 aliphatic rings. The molecular formula is C27H32FN5O4. The van der Waals surface area contributed by atoms with Crippen molar-refractivity contribution in [1.29, 1.82) is 0 Å². The van der Waals surface area contributed by atoms with Crippen molar-refractivity contribution in [2.24, 2.45) is 0 Å². The fourth-order valence-corrected chi connectivity index (χ4v) is 4.71. The van der Waals surface area contributed by atoms with Crippen LogP contribution in [0.1, 0.15) is 25.5 Å². The number of amides is 4. The number of ether oxygens (including phenoxy) is 1. The van der Waals surface area contributed by atoms with Crippen molar-refractivity contribution in [2.75, 3.05) is 45.2 Å². The maximum atomic E-state index is 13.6. The minimum atomic E-state index is -0.770. The summed E-state index contributed by atoms with van der Waals surface area (Å²) in [6.07, 6.45) is 0. The van der Waals surface area contributed by atoms with Crippen molar-refractivity contribution in [3.63, 3.8) is 0 Å². The number of anilines is 1. The van der Waals surface area contributed by atoms with Crippen molar-refractivity contribution in [2.45, 2.75) is 25.9 Å². The highest BCUT2D eigenvalue weighted by Gasteiger charge is 2.38. The summed E-state index contributed by atoms with van der Waals surface area (Å²) in [6, 6.07) is 13.6. The van der Waals surface area contributed by atoms with Gasteiger partial charge in [0, 0.05) is 50.7 Å². The molecule has 37 heavy (non-hydrogen) atoms. The number of piperazine rings is 1. The quantitative estimate of drug-likeness (QED) is 0.581. The van der Waals surface area contributed by atoms with Crippen LogP contribution < -0.4 is 10.6 Å². The number of carbonyl (C=O) groups excluding carboxylic acids is 3. The Morgan fingerprint density at radius 2 is 1.81 bits per heavy atom. The first-order valence-corrected chi connectivity index (χ1v) is 12.3. The summed E-state index contributed by atoms with van der Waals surface area (Å²) in [5, 5.41) is 5.76. The molecule has 2 N–H and O–H groups in total. The van der Waals surface area contributed by atoms with E-state index in [1.807, 2.05) is 37.3 Å². The molecular weight excluding hydrogens is 477 g/mol. The zero-order valence-electron chi connectivity index (χ0n) is 21.2. The Morgan fingerprint density at radius 1 is 1.11 bits per heavy atom. The van der Waals surface area contributed by atoms with E-state index in [1.165, 1.54) is 17.0 Å². The SMILES string of the molecule is CCOC(=O)C1=C(CN2CCN(C(=O)Nc3ccccc3)[C@@H](C)C2)N(C)C(=O)N[C@@H]1c1ccc(F)cc1. The first kappa shape index (κ1) is 26.2. The van der Waals surface area contributed by atoms with Crippen LogP contribution in [0.4, 0.5) is 19.7 Å². The van der Waals surface area contributed by atoms with Gasteiger partial charge in [-0.3, -0.25) is 9.80 Å². The molecule has 1 saturated heterocycles. The van der Waals surface area contributed by atoms with E-state index in [0.29, 0.717) is 43.0 Å². The maximum absolute atomic E-state index is 13.6. The van der Waals surface area contributed by atoms with Crippen LogP contribution >= 0.6 is 0 Å². The van der Waals surface area contributed by atoms with Gasteiger partial charge in [-0.2, -0.15) is 0 Å². The van der Waals surface area contributed by atoms with Crippen molar-refractivity contribution < 1.29 is 23.5 Å². The fraction of sp³-hybridized carbons (Fsp3) is 0.370. The lowest BCUT2D eigenvalue weighted by atomic mass is 9.94. The van der Waals surface area contributed by atoms with Crippen LogP contribution in [0, 0.1) is 5.82 Å². The van der Waals surface area contributed by atoms with Gasteiger partial charge in [-0.05, 0) is 43.7 Å². The van der Waals surface area contributed by atoms with E-state index in [0.717, 1.165) is 5.69 Å². The number of halogens is 1. The molecule has 196 valence electrons. The van der Waals surface area contributed by atoms with Gasteiger partial charge in [-0.1, -0.05) is 30.3 Å². The Bertz CT molecular complexity index is 1170. The van der Waals surface area contributed by atoms with Gasteiger partial charge in [-0.15, -0.1) is 0 Å². The minimum Gasteiger partial charge on any atom is -0.463 e. The molecule has 4 rings (SSSR count). The second-order valence-corrected chi connectivity index (χ2v) is 9.15. The number of para-hydroxylation sites is 1. The van der Waals surface area contributed by atoms with E-state index in [2.05, 4.69) is 15.5 Å². The molecule has 0 saturated carbocycles. The van der Waals surface area contributed by atoms with Crippen LogP contribution in [0.5, 0.6) is 0 Å². The van der Waals surface area contributed by atoms with Gasteiger partial charge >= 0.3 is 18.0 Å². The molecule has 2 aliphatic heterocycles. The third-order valence-electron chi connectivity index (χ3n) is 6.65. The molecule has 0 radical (unpaired) electrons. The topological polar surface area (TPSA) is 94.2 Å². The standard InChI is InChI=1S/C27H32FN5O4/c1-4-37-25(34)23-22(31(3)26(35)30-24(23)19-10-12-20(28)13-11-19)17-32-14-15-33(18(2)16-32)27(36)29-21-8-6-5-7-9-21/h5-13,18,24H,4,14-17H2,1-3H3,(H,29,36)(H,30,35)/t18-,24+/m0/s1. The number of nitrogens with one attached hydrogen (secondary N) is 2. The smallest absolute Gasteiger partial charge is 0.338 e. The lowest BCUT2D eigenvalue weighted by molar-refractivity contribution is -0.139. The zero-order valence-corrected chi connectivity index (χ0v) is 21.2. The molecule has 2 aromatic rings. The van der Waals surface area contributed by atoms with Crippen LogP contribution in [-0.4, -0.2) is 78.6 Å². The van der Waals surface area contributed by atoms with E-state index in [9.17, 15) is 18.8 Å². The number of esters is 1. The van der Waals surface area contributed by atoms with Crippen LogP contribution in [0.15, 0.2) is 65.9 Å². The third kappa shape index (κ3) is 5.91. The Kier molecular flexibility index (Phi) is 8.08. The molecule has 2 heterocycles. The average Bonchev–Trinajstić information content (AvgIpc) is 2.88. The number of benzene rings is 2. The molecule has 4 amide bonds. The van der Waals surface area contributed by atoms with Crippen LogP contribution in [0.2, 0.25) is 0 Å². The third-order valence-corrected chi connectivity index (χ3v) is 6.65. The molecule has 9 nitrogen and oxygen atoms in total. The summed E-state index contributed by atoms with van der Waals surface area (Å²) in [6.45, 7) is 5.78. The second kappa shape index (κ2) is 11.4. The summed E-state index contributed by atoms with van der Waals surface area (Å²) in [5.74, 6) is -0.944. The van der Waals surface area contributed by atoms with Crippen LogP contribution in [0.3, 0.4) is 0 Å². The highest BCUT2D eigenvalue weighted by atomic mass is 19.1. The van der Waals surface area contributed by atoms with Gasteiger partial charge in [0.25, 0.3) is 0 Å². The van der Waals surface area contributed by atoms with Gasteiger partial charge in [0.1, 0.15) is 5.82 Å². The summed E-state index contributed by atoms with van der Waals surface area (Å²) >= 11 is 0. The number of urea groups is 2. The first-order valence-electron chi connectivity index (χ1n) is 12.3. The molecule has 0 spiro atoms. The zero-order chi connectivity index (χ0) is 26.5. The summed E-state index contributed by atoms with van der Waals surface area (Å²) in [7, 11) is 1.61. The van der Waals surface area contributed by atoms with Crippen molar-refractivity contribution in [3.05, 3.63) is 77.2 Å². The molecule has 0 aliphatic carbocycles. The van der Waals surface area contributed by atoms with E-state index in [4.69, 9.17) is 4.74 Å². The summed E-state index contributed by atoms with van der Waals surface area (Å²) < 4.78 is 18.9. The Hall–Kier alpha value is -3.92. The number of hydrogen-bond acceptors (Lipinski definition) is 5. The Morgan fingerprint density at radius 3 is 2.46 bits per heavy atom. The molecule has 0 unspecified atom stereocenters. The van der Waals surface area contributed by atoms with E-state index >= 15 is 0 Å². The fourth-order valence-electron chi connectivity index (χ4n) is 4.71. The number of likely N-dealkylation sites (N-methyl/N-ethyl adjacent to an activating group) is 1. The Balaban J connectivity index is 1.55. The minimum absolute atomic E-state index is 0.0975. The van der Waals surface area contributed by atoms with E-state index in [-0.39, 0.29) is 24.7 Å². The van der Waals surface area contributed by atoms with Crippen LogP contribution in [0.25, 0.3) is 0 Å². The molecule has 0 bridgehead atoms. The number of carbonyl (C=O) groups is 3. The average molecular weight is 510 g/mol. The molecule has 1 fully saturated rings. The molecule has 0 aromatic heterocycles. The van der Waals surface area contributed by atoms with Crippen molar-refractivity contribution >= 4 is 23.7 Å². The van der Waals surface area contributed by atoms with Crippen LogP contribution in [-0.2, 0) is 9.53 Å². The lowest BCUT2D eigenvalue weighted by Crippen LogP contribution is -2.56. The highest BCUT2D eigenvalue weighted by Crippen LogP contribution is 2.32. The lowest BCUT2D eigenvalue weighted by Gasteiger charge is -2.42. The predicted molar refractivity (Wildman–Crippen MR) is 137 cm³/mol. The second-order valence-electron chi connectivity index (χ2n) is 9.15. The Labute approximate surface area is 215 Å².